The molecule has 17 heavy (non-hydrogen) atoms. The molecule has 0 amide bonds. The largest absolute Gasteiger partial charge is 0.376 e. The lowest BCUT2D eigenvalue weighted by atomic mass is 9.64. The molecular weight excluding hydrogens is 214 g/mol. The minimum absolute atomic E-state index is 0.257. The summed E-state index contributed by atoms with van der Waals surface area (Å²) in [7, 11) is 0. The van der Waals surface area contributed by atoms with Crippen molar-refractivity contribution in [3.63, 3.8) is 0 Å². The van der Waals surface area contributed by atoms with Gasteiger partial charge in [-0.15, -0.1) is 0 Å². The molecule has 0 aromatic rings. The van der Waals surface area contributed by atoms with Gasteiger partial charge in [0.25, 0.3) is 0 Å². The molecular formula is C14H29NO2. The Labute approximate surface area is 106 Å². The van der Waals surface area contributed by atoms with E-state index in [1.807, 2.05) is 0 Å². The highest BCUT2D eigenvalue weighted by Crippen LogP contribution is 2.42. The van der Waals surface area contributed by atoms with Gasteiger partial charge in [-0.3, -0.25) is 0 Å². The Morgan fingerprint density at radius 1 is 1.29 bits per heavy atom. The van der Waals surface area contributed by atoms with Crippen LogP contribution in [0.5, 0.6) is 0 Å². The highest BCUT2D eigenvalue weighted by molar-refractivity contribution is 5.02. The van der Waals surface area contributed by atoms with Crippen LogP contribution >= 0.6 is 0 Å². The maximum atomic E-state index is 5.89. The summed E-state index contributed by atoms with van der Waals surface area (Å²) in [6.45, 7) is 13.4. The van der Waals surface area contributed by atoms with E-state index in [2.05, 4.69) is 39.9 Å². The molecule has 0 heterocycles. The quantitative estimate of drug-likeness (QED) is 0.665. The molecule has 2 unspecified atom stereocenters. The van der Waals surface area contributed by atoms with Crippen molar-refractivity contribution in [1.82, 2.24) is 5.32 Å². The fraction of sp³-hybridized carbons (Fsp3) is 1.00. The summed E-state index contributed by atoms with van der Waals surface area (Å²) in [5, 5.41) is 3.59. The predicted octanol–water partition coefficient (Wildman–Crippen LogP) is 2.59. The molecule has 2 atom stereocenters. The molecule has 0 bridgehead atoms. The SMILES string of the molecule is CCCNC1CC(OCCOC(C)C)C1(C)C. The third-order valence-corrected chi connectivity index (χ3v) is 3.67. The Morgan fingerprint density at radius 3 is 2.53 bits per heavy atom. The van der Waals surface area contributed by atoms with Crippen molar-refractivity contribution in [3.8, 4) is 0 Å². The summed E-state index contributed by atoms with van der Waals surface area (Å²) in [5.41, 5.74) is 0.257. The van der Waals surface area contributed by atoms with E-state index in [0.717, 1.165) is 13.0 Å². The molecule has 1 saturated carbocycles. The van der Waals surface area contributed by atoms with Gasteiger partial charge in [-0.05, 0) is 33.2 Å². The van der Waals surface area contributed by atoms with Gasteiger partial charge in [-0.25, -0.2) is 0 Å². The lowest BCUT2D eigenvalue weighted by Gasteiger charge is -2.52. The molecule has 0 radical (unpaired) electrons. The molecule has 0 aliphatic heterocycles. The summed E-state index contributed by atoms with van der Waals surface area (Å²) in [4.78, 5) is 0. The summed E-state index contributed by atoms with van der Waals surface area (Å²) < 4.78 is 11.4. The fourth-order valence-corrected chi connectivity index (χ4v) is 2.31. The third-order valence-electron chi connectivity index (χ3n) is 3.67. The topological polar surface area (TPSA) is 30.5 Å². The van der Waals surface area contributed by atoms with E-state index < -0.39 is 0 Å². The average Bonchev–Trinajstić information content (AvgIpc) is 2.25. The molecule has 1 fully saturated rings. The Kier molecular flexibility index (Phi) is 5.90. The normalized spacial score (nSPS) is 27.2. The Balaban J connectivity index is 2.15. The van der Waals surface area contributed by atoms with Gasteiger partial charge in [-0.1, -0.05) is 20.8 Å². The van der Waals surface area contributed by atoms with Crippen LogP contribution in [-0.2, 0) is 9.47 Å². The molecule has 0 spiro atoms. The van der Waals surface area contributed by atoms with Crippen molar-refractivity contribution >= 4 is 0 Å². The molecule has 0 aromatic heterocycles. The molecule has 102 valence electrons. The molecule has 3 nitrogen and oxygen atoms in total. The van der Waals surface area contributed by atoms with Crippen molar-refractivity contribution in [2.45, 2.75) is 65.7 Å². The Morgan fingerprint density at radius 2 is 2.00 bits per heavy atom. The molecule has 0 saturated heterocycles. The first-order valence-corrected chi connectivity index (χ1v) is 6.95. The summed E-state index contributed by atoms with van der Waals surface area (Å²) in [6.07, 6.45) is 3.01. The summed E-state index contributed by atoms with van der Waals surface area (Å²) in [5.74, 6) is 0. The van der Waals surface area contributed by atoms with Gasteiger partial charge in [-0.2, -0.15) is 0 Å². The number of hydrogen-bond acceptors (Lipinski definition) is 3. The highest BCUT2D eigenvalue weighted by atomic mass is 16.5. The minimum atomic E-state index is 0.257. The maximum absolute atomic E-state index is 5.89. The number of ether oxygens (including phenoxy) is 2. The van der Waals surface area contributed by atoms with E-state index in [9.17, 15) is 0 Å². The van der Waals surface area contributed by atoms with Crippen LogP contribution in [0, 0.1) is 5.41 Å². The second-order valence-corrected chi connectivity index (χ2v) is 5.84. The molecule has 1 rings (SSSR count). The van der Waals surface area contributed by atoms with E-state index in [4.69, 9.17) is 9.47 Å². The molecule has 3 heteroatoms. The van der Waals surface area contributed by atoms with Crippen LogP contribution in [0.3, 0.4) is 0 Å². The smallest absolute Gasteiger partial charge is 0.0704 e. The van der Waals surface area contributed by atoms with Gasteiger partial charge >= 0.3 is 0 Å². The molecule has 0 aromatic carbocycles. The number of rotatable bonds is 8. The highest BCUT2D eigenvalue weighted by Gasteiger charge is 2.48. The Hall–Kier alpha value is -0.120. The maximum Gasteiger partial charge on any atom is 0.0704 e. The lowest BCUT2D eigenvalue weighted by Crippen LogP contribution is -2.61. The summed E-state index contributed by atoms with van der Waals surface area (Å²) >= 11 is 0. The first kappa shape index (κ1) is 14.9. The molecule has 1 aliphatic carbocycles. The minimum Gasteiger partial charge on any atom is -0.376 e. The van der Waals surface area contributed by atoms with Crippen LogP contribution in [0.4, 0.5) is 0 Å². The predicted molar refractivity (Wildman–Crippen MR) is 71.3 cm³/mol. The van der Waals surface area contributed by atoms with Crippen molar-refractivity contribution in [2.24, 2.45) is 5.41 Å². The van der Waals surface area contributed by atoms with Crippen LogP contribution in [0.2, 0.25) is 0 Å². The van der Waals surface area contributed by atoms with E-state index in [-0.39, 0.29) is 5.41 Å². The summed E-state index contributed by atoms with van der Waals surface area (Å²) in [6, 6.07) is 0.610. The zero-order valence-corrected chi connectivity index (χ0v) is 12.1. The van der Waals surface area contributed by atoms with Crippen LogP contribution in [-0.4, -0.2) is 38.0 Å². The van der Waals surface area contributed by atoms with Crippen LogP contribution < -0.4 is 5.32 Å². The van der Waals surface area contributed by atoms with E-state index in [1.54, 1.807) is 0 Å². The number of hydrogen-bond donors (Lipinski definition) is 1. The van der Waals surface area contributed by atoms with Crippen LogP contribution in [0.15, 0.2) is 0 Å². The van der Waals surface area contributed by atoms with Crippen LogP contribution in [0.1, 0.15) is 47.5 Å². The zero-order valence-electron chi connectivity index (χ0n) is 12.1. The molecule has 1 N–H and O–H groups in total. The van der Waals surface area contributed by atoms with Gasteiger partial charge in [0.1, 0.15) is 0 Å². The van der Waals surface area contributed by atoms with Crippen molar-refractivity contribution < 1.29 is 9.47 Å². The fourth-order valence-electron chi connectivity index (χ4n) is 2.31. The monoisotopic (exact) mass is 243 g/mol. The lowest BCUT2D eigenvalue weighted by molar-refractivity contribution is -0.129. The first-order chi connectivity index (χ1) is 7.98. The third kappa shape index (κ3) is 4.23. The van der Waals surface area contributed by atoms with Crippen LogP contribution in [0.25, 0.3) is 0 Å². The van der Waals surface area contributed by atoms with Crippen molar-refractivity contribution in [1.29, 1.82) is 0 Å². The molecule has 1 aliphatic rings. The van der Waals surface area contributed by atoms with Gasteiger partial charge in [0.15, 0.2) is 0 Å². The van der Waals surface area contributed by atoms with E-state index in [1.165, 1.54) is 6.42 Å². The number of nitrogens with one attached hydrogen (secondary N) is 1. The second kappa shape index (κ2) is 6.72. The second-order valence-electron chi connectivity index (χ2n) is 5.84. The van der Waals surface area contributed by atoms with E-state index in [0.29, 0.717) is 31.5 Å². The first-order valence-electron chi connectivity index (χ1n) is 6.95. The standard InChI is InChI=1S/C14H29NO2/c1-6-7-15-12-10-13(14(12,4)5)17-9-8-16-11(2)3/h11-13,15H,6-10H2,1-5H3. The average molecular weight is 243 g/mol. The van der Waals surface area contributed by atoms with Crippen molar-refractivity contribution in [3.05, 3.63) is 0 Å². The van der Waals surface area contributed by atoms with Gasteiger partial charge in [0.05, 0.1) is 25.4 Å². The van der Waals surface area contributed by atoms with E-state index >= 15 is 0 Å². The van der Waals surface area contributed by atoms with Gasteiger partial charge in [0.2, 0.25) is 0 Å². The Bertz CT molecular complexity index is 216. The van der Waals surface area contributed by atoms with Gasteiger partial charge < -0.3 is 14.8 Å². The van der Waals surface area contributed by atoms with Crippen molar-refractivity contribution in [2.75, 3.05) is 19.8 Å². The zero-order chi connectivity index (χ0) is 12.9. The van der Waals surface area contributed by atoms with Gasteiger partial charge in [0, 0.05) is 11.5 Å².